The lowest BCUT2D eigenvalue weighted by Gasteiger charge is -2.29. The Morgan fingerprint density at radius 3 is 2.88 bits per heavy atom. The molecule has 3 heterocycles. The first-order valence-electron chi connectivity index (χ1n) is 8.98. The van der Waals surface area contributed by atoms with Gasteiger partial charge in [0.1, 0.15) is 17.6 Å². The molecular weight excluding hydrogens is 328 g/mol. The monoisotopic (exact) mass is 350 g/mol. The van der Waals surface area contributed by atoms with Gasteiger partial charge < -0.3 is 14.8 Å². The molecule has 0 radical (unpaired) electrons. The van der Waals surface area contributed by atoms with E-state index < -0.39 is 0 Å². The number of nitrogens with zero attached hydrogens (tertiary/aromatic N) is 5. The van der Waals surface area contributed by atoms with E-state index in [-0.39, 0.29) is 12.1 Å². The molecule has 26 heavy (non-hydrogen) atoms. The predicted octanol–water partition coefficient (Wildman–Crippen LogP) is 0.912. The molecule has 0 atom stereocenters. The molecule has 1 aliphatic heterocycles. The highest BCUT2D eigenvalue weighted by Crippen LogP contribution is 2.24. The molecule has 1 aliphatic carbocycles. The van der Waals surface area contributed by atoms with E-state index in [4.69, 9.17) is 11.4 Å². The number of terminal acetylenes is 1. The lowest BCUT2D eigenvalue weighted by atomic mass is 10.1. The highest BCUT2D eigenvalue weighted by molar-refractivity contribution is 5.77. The van der Waals surface area contributed by atoms with Crippen LogP contribution in [0.3, 0.4) is 0 Å². The summed E-state index contributed by atoms with van der Waals surface area (Å²) in [6.07, 6.45) is 15.4. The van der Waals surface area contributed by atoms with Gasteiger partial charge in [0.15, 0.2) is 0 Å². The summed E-state index contributed by atoms with van der Waals surface area (Å²) in [7, 11) is 0. The maximum Gasteiger partial charge on any atom is 0.293 e. The molecule has 0 unspecified atom stereocenters. The lowest BCUT2D eigenvalue weighted by Crippen LogP contribution is -2.44. The van der Waals surface area contributed by atoms with Crippen LogP contribution in [0.15, 0.2) is 34.8 Å². The molecule has 4 rings (SSSR count). The van der Waals surface area contributed by atoms with Crippen LogP contribution in [-0.4, -0.2) is 45.5 Å². The molecule has 1 saturated heterocycles. The van der Waals surface area contributed by atoms with Crippen molar-refractivity contribution in [2.24, 2.45) is 0 Å². The van der Waals surface area contributed by atoms with Crippen LogP contribution in [0.1, 0.15) is 12.8 Å². The molecule has 7 nitrogen and oxygen atoms in total. The van der Waals surface area contributed by atoms with Gasteiger partial charge in [-0.15, -0.1) is 6.42 Å². The Labute approximate surface area is 152 Å². The molecule has 0 bridgehead atoms. The first-order valence-corrected chi connectivity index (χ1v) is 8.98. The molecule has 0 amide bonds. The molecule has 2 aliphatic rings. The molecule has 0 aromatic carbocycles. The summed E-state index contributed by atoms with van der Waals surface area (Å²) in [5.74, 6) is 3.33. The number of fused-ring (bicyclic) bond motifs is 1. The number of aromatic nitrogens is 4. The normalized spacial score (nSPS) is 17.3. The molecule has 0 spiro atoms. The van der Waals surface area contributed by atoms with E-state index in [1.54, 1.807) is 6.20 Å². The van der Waals surface area contributed by atoms with E-state index in [9.17, 15) is 4.79 Å². The summed E-state index contributed by atoms with van der Waals surface area (Å²) < 4.78 is 3.37. The van der Waals surface area contributed by atoms with Gasteiger partial charge in [0.25, 0.3) is 5.56 Å². The van der Waals surface area contributed by atoms with E-state index in [1.165, 1.54) is 10.3 Å². The van der Waals surface area contributed by atoms with E-state index in [0.29, 0.717) is 17.6 Å². The Balaban J connectivity index is 1.86. The van der Waals surface area contributed by atoms with Gasteiger partial charge in [0.05, 0.1) is 6.20 Å². The van der Waals surface area contributed by atoms with Crippen molar-refractivity contribution in [1.29, 1.82) is 0 Å². The predicted molar refractivity (Wildman–Crippen MR) is 102 cm³/mol. The highest BCUT2D eigenvalue weighted by atomic mass is 16.1. The van der Waals surface area contributed by atoms with Crippen LogP contribution in [0.25, 0.3) is 11.0 Å². The largest absolute Gasteiger partial charge is 0.340 e. The number of allylic oxidation sites excluding steroid dienone is 4. The molecule has 0 saturated carbocycles. The van der Waals surface area contributed by atoms with Gasteiger partial charge in [0.2, 0.25) is 5.95 Å². The van der Waals surface area contributed by atoms with Crippen molar-refractivity contribution in [3.05, 3.63) is 40.4 Å². The third kappa shape index (κ3) is 3.04. The minimum Gasteiger partial charge on any atom is -0.340 e. The summed E-state index contributed by atoms with van der Waals surface area (Å²) in [5.41, 5.74) is 2.33. The van der Waals surface area contributed by atoms with Crippen LogP contribution in [0.2, 0.25) is 0 Å². The topological polar surface area (TPSA) is 68.0 Å². The Kier molecular flexibility index (Phi) is 4.59. The SMILES string of the molecule is C#CCn1ncc2nc(N3CCNCC3)n(CC3=CC=CCC3)c2c1=O. The average Bonchev–Trinajstić information content (AvgIpc) is 3.05. The fraction of sp³-hybridized carbons (Fsp3) is 0.421. The number of anilines is 1. The molecular formula is C19H22N6O. The van der Waals surface area contributed by atoms with Gasteiger partial charge in [-0.2, -0.15) is 5.10 Å². The first-order chi connectivity index (χ1) is 12.8. The van der Waals surface area contributed by atoms with Crippen molar-refractivity contribution in [1.82, 2.24) is 24.6 Å². The van der Waals surface area contributed by atoms with Crippen molar-refractivity contribution in [3.8, 4) is 12.3 Å². The zero-order valence-corrected chi connectivity index (χ0v) is 14.7. The van der Waals surface area contributed by atoms with Crippen LogP contribution in [0.4, 0.5) is 5.95 Å². The fourth-order valence-corrected chi connectivity index (χ4v) is 3.52. The number of hydrogen-bond acceptors (Lipinski definition) is 5. The van der Waals surface area contributed by atoms with Crippen molar-refractivity contribution < 1.29 is 0 Å². The molecule has 1 N–H and O–H groups in total. The Morgan fingerprint density at radius 2 is 2.15 bits per heavy atom. The average molecular weight is 350 g/mol. The number of imidazole rings is 1. The van der Waals surface area contributed by atoms with Crippen molar-refractivity contribution in [2.75, 3.05) is 31.1 Å². The zero-order valence-electron chi connectivity index (χ0n) is 14.7. The summed E-state index contributed by atoms with van der Waals surface area (Å²) in [5, 5.41) is 7.53. The number of hydrogen-bond donors (Lipinski definition) is 1. The standard InChI is InChI=1S/C19H22N6O/c1-2-10-25-18(26)17-16(13-21-25)22-19(23-11-8-20-9-12-23)24(17)14-15-6-4-3-5-7-15/h1,3-4,6,13,20H,5,7-12,14H2. The summed E-state index contributed by atoms with van der Waals surface area (Å²) in [6.45, 7) is 4.38. The minimum absolute atomic E-state index is 0.161. The van der Waals surface area contributed by atoms with Crippen LogP contribution < -0.4 is 15.8 Å². The molecule has 7 heteroatoms. The second-order valence-corrected chi connectivity index (χ2v) is 6.57. The smallest absolute Gasteiger partial charge is 0.293 e. The highest BCUT2D eigenvalue weighted by Gasteiger charge is 2.22. The second-order valence-electron chi connectivity index (χ2n) is 6.57. The second kappa shape index (κ2) is 7.18. The maximum atomic E-state index is 13.0. The van der Waals surface area contributed by atoms with E-state index in [2.05, 4.69) is 39.5 Å². The van der Waals surface area contributed by atoms with Gasteiger partial charge in [0, 0.05) is 32.7 Å². The molecule has 2 aromatic heterocycles. The minimum atomic E-state index is -0.179. The Bertz CT molecular complexity index is 968. The summed E-state index contributed by atoms with van der Waals surface area (Å²) in [4.78, 5) is 19.9. The summed E-state index contributed by atoms with van der Waals surface area (Å²) >= 11 is 0. The van der Waals surface area contributed by atoms with Crippen LogP contribution in [0, 0.1) is 12.3 Å². The maximum absolute atomic E-state index is 13.0. The zero-order chi connectivity index (χ0) is 17.9. The van der Waals surface area contributed by atoms with Gasteiger partial charge in [-0.1, -0.05) is 29.7 Å². The van der Waals surface area contributed by atoms with Crippen molar-refractivity contribution in [3.63, 3.8) is 0 Å². The van der Waals surface area contributed by atoms with Crippen LogP contribution in [-0.2, 0) is 13.1 Å². The summed E-state index contributed by atoms with van der Waals surface area (Å²) in [6, 6.07) is 0. The number of nitrogens with one attached hydrogen (secondary N) is 1. The van der Waals surface area contributed by atoms with Gasteiger partial charge in [-0.3, -0.25) is 4.79 Å². The van der Waals surface area contributed by atoms with E-state index in [1.807, 2.05) is 4.57 Å². The quantitative estimate of drug-likeness (QED) is 0.831. The van der Waals surface area contributed by atoms with Crippen molar-refractivity contribution >= 4 is 17.0 Å². The fourth-order valence-electron chi connectivity index (χ4n) is 3.52. The van der Waals surface area contributed by atoms with Gasteiger partial charge in [-0.25, -0.2) is 9.67 Å². The van der Waals surface area contributed by atoms with Gasteiger partial charge >= 0.3 is 0 Å². The third-order valence-electron chi connectivity index (χ3n) is 4.83. The number of rotatable bonds is 4. The Morgan fingerprint density at radius 1 is 1.31 bits per heavy atom. The molecule has 134 valence electrons. The van der Waals surface area contributed by atoms with Crippen molar-refractivity contribution in [2.45, 2.75) is 25.9 Å². The van der Waals surface area contributed by atoms with E-state index >= 15 is 0 Å². The van der Waals surface area contributed by atoms with E-state index in [0.717, 1.165) is 45.0 Å². The molecule has 1 fully saturated rings. The molecule has 2 aromatic rings. The Hall–Kier alpha value is -2.85. The van der Waals surface area contributed by atoms with Gasteiger partial charge in [-0.05, 0) is 12.8 Å². The first kappa shape index (κ1) is 16.6. The lowest BCUT2D eigenvalue weighted by molar-refractivity contribution is 0.569. The van der Waals surface area contributed by atoms with Crippen LogP contribution >= 0.6 is 0 Å². The third-order valence-corrected chi connectivity index (χ3v) is 4.83. The van der Waals surface area contributed by atoms with Crippen LogP contribution in [0.5, 0.6) is 0 Å². The number of piperazine rings is 1.